The maximum atomic E-state index is 11.7. The zero-order chi connectivity index (χ0) is 17.3. The molecule has 1 atom stereocenters. The molecule has 1 aromatic heterocycles. The van der Waals surface area contributed by atoms with Crippen molar-refractivity contribution in [1.82, 2.24) is 15.6 Å². The number of pyridine rings is 1. The molecule has 0 saturated heterocycles. The van der Waals surface area contributed by atoms with Crippen LogP contribution < -0.4 is 10.6 Å². The van der Waals surface area contributed by atoms with Gasteiger partial charge >= 0.3 is 0 Å². The minimum absolute atomic E-state index is 0.104. The first-order valence-corrected chi connectivity index (χ1v) is 7.59. The summed E-state index contributed by atoms with van der Waals surface area (Å²) in [5.74, 6) is -0.664. The third-order valence-electron chi connectivity index (χ3n) is 3.53. The minimum atomic E-state index is -1.30. The van der Waals surface area contributed by atoms with Crippen LogP contribution in [0.15, 0.2) is 24.5 Å². The molecule has 0 unspecified atom stereocenters. The van der Waals surface area contributed by atoms with E-state index in [0.29, 0.717) is 12.8 Å². The van der Waals surface area contributed by atoms with Gasteiger partial charge in [-0.2, -0.15) is 0 Å². The highest BCUT2D eigenvalue weighted by atomic mass is 16.3. The smallest absolute Gasteiger partial charge is 0.249 e. The van der Waals surface area contributed by atoms with Crippen LogP contribution in [0.25, 0.3) is 0 Å². The van der Waals surface area contributed by atoms with Crippen molar-refractivity contribution in [2.24, 2.45) is 5.41 Å². The van der Waals surface area contributed by atoms with E-state index in [9.17, 15) is 14.7 Å². The van der Waals surface area contributed by atoms with Gasteiger partial charge in [-0.15, -0.1) is 0 Å². The van der Waals surface area contributed by atoms with Gasteiger partial charge in [-0.25, -0.2) is 0 Å². The molecule has 7 nitrogen and oxygen atoms in total. The number of aliphatic hydroxyl groups excluding tert-OH is 2. The Labute approximate surface area is 136 Å². The average Bonchev–Trinajstić information content (AvgIpc) is 2.56. The highest BCUT2D eigenvalue weighted by molar-refractivity contribution is 5.81. The summed E-state index contributed by atoms with van der Waals surface area (Å²) in [6.07, 6.45) is 3.06. The number of amides is 2. The molecule has 0 radical (unpaired) electrons. The van der Waals surface area contributed by atoms with Gasteiger partial charge in [0.15, 0.2) is 0 Å². The van der Waals surface area contributed by atoms with Crippen molar-refractivity contribution in [3.05, 3.63) is 30.1 Å². The molecular formula is C16H25N3O4. The Bertz CT molecular complexity index is 505. The van der Waals surface area contributed by atoms with Crippen LogP contribution in [0.4, 0.5) is 0 Å². The maximum Gasteiger partial charge on any atom is 0.249 e. The van der Waals surface area contributed by atoms with Gasteiger partial charge in [-0.3, -0.25) is 14.6 Å². The second kappa shape index (κ2) is 9.22. The third-order valence-corrected chi connectivity index (χ3v) is 3.53. The Morgan fingerprint density at radius 3 is 2.43 bits per heavy atom. The summed E-state index contributed by atoms with van der Waals surface area (Å²) in [5, 5.41) is 24.1. The summed E-state index contributed by atoms with van der Waals surface area (Å²) in [5.41, 5.74) is 0.135. The van der Waals surface area contributed by atoms with Crippen molar-refractivity contribution >= 4 is 11.8 Å². The molecule has 4 N–H and O–H groups in total. The lowest BCUT2D eigenvalue weighted by Gasteiger charge is -2.27. The Morgan fingerprint density at radius 1 is 1.22 bits per heavy atom. The van der Waals surface area contributed by atoms with Crippen LogP contribution in [0.3, 0.4) is 0 Å². The van der Waals surface area contributed by atoms with Crippen LogP contribution in [-0.2, 0) is 16.0 Å². The highest BCUT2D eigenvalue weighted by Gasteiger charge is 2.32. The fraction of sp³-hybridized carbons (Fsp3) is 0.562. The monoisotopic (exact) mass is 323 g/mol. The van der Waals surface area contributed by atoms with E-state index in [-0.39, 0.29) is 25.6 Å². The van der Waals surface area contributed by atoms with Gasteiger partial charge in [-0.1, -0.05) is 13.8 Å². The Hall–Kier alpha value is -1.99. The van der Waals surface area contributed by atoms with Gasteiger partial charge in [0.1, 0.15) is 6.10 Å². The van der Waals surface area contributed by atoms with E-state index in [0.717, 1.165) is 5.56 Å². The van der Waals surface area contributed by atoms with Crippen molar-refractivity contribution in [3.8, 4) is 0 Å². The summed E-state index contributed by atoms with van der Waals surface area (Å²) >= 11 is 0. The SMILES string of the molecule is CC(C)(CO)[C@@H](O)C(=O)NCCNC(=O)CCc1ccncc1. The van der Waals surface area contributed by atoms with Crippen molar-refractivity contribution in [3.63, 3.8) is 0 Å². The van der Waals surface area contributed by atoms with E-state index in [1.54, 1.807) is 26.2 Å². The van der Waals surface area contributed by atoms with E-state index in [1.807, 2.05) is 12.1 Å². The summed E-state index contributed by atoms with van der Waals surface area (Å²) in [7, 11) is 0. The fourth-order valence-corrected chi connectivity index (χ4v) is 1.82. The number of aryl methyl sites for hydroxylation is 1. The Kier molecular flexibility index (Phi) is 7.64. The molecule has 7 heteroatoms. The van der Waals surface area contributed by atoms with Gasteiger partial charge in [0.05, 0.1) is 6.61 Å². The average molecular weight is 323 g/mol. The number of carbonyl (C=O) groups excluding carboxylic acids is 2. The molecule has 0 saturated carbocycles. The first-order chi connectivity index (χ1) is 10.9. The molecule has 2 amide bonds. The number of nitrogens with zero attached hydrogens (tertiary/aromatic N) is 1. The topological polar surface area (TPSA) is 112 Å². The maximum absolute atomic E-state index is 11.7. The van der Waals surface area contributed by atoms with Gasteiger partial charge in [0, 0.05) is 37.3 Å². The second-order valence-electron chi connectivity index (χ2n) is 6.05. The summed E-state index contributed by atoms with van der Waals surface area (Å²) in [6, 6.07) is 3.72. The van der Waals surface area contributed by atoms with Crippen LogP contribution in [0.2, 0.25) is 0 Å². The molecule has 128 valence electrons. The number of hydrogen-bond donors (Lipinski definition) is 4. The zero-order valence-corrected chi connectivity index (χ0v) is 13.6. The largest absolute Gasteiger partial charge is 0.396 e. The van der Waals surface area contributed by atoms with Gasteiger partial charge in [0.2, 0.25) is 11.8 Å². The van der Waals surface area contributed by atoms with E-state index in [1.165, 1.54) is 0 Å². The minimum Gasteiger partial charge on any atom is -0.396 e. The van der Waals surface area contributed by atoms with Crippen LogP contribution in [0.5, 0.6) is 0 Å². The first-order valence-electron chi connectivity index (χ1n) is 7.59. The van der Waals surface area contributed by atoms with Crippen LogP contribution >= 0.6 is 0 Å². The lowest BCUT2D eigenvalue weighted by molar-refractivity contribution is -0.137. The van der Waals surface area contributed by atoms with Gasteiger partial charge in [-0.05, 0) is 24.1 Å². The van der Waals surface area contributed by atoms with Crippen molar-refractivity contribution in [2.45, 2.75) is 32.8 Å². The lowest BCUT2D eigenvalue weighted by atomic mass is 9.87. The first kappa shape index (κ1) is 19.1. The molecule has 0 bridgehead atoms. The molecule has 1 heterocycles. The van der Waals surface area contributed by atoms with Crippen LogP contribution in [0.1, 0.15) is 25.8 Å². The van der Waals surface area contributed by atoms with E-state index in [2.05, 4.69) is 15.6 Å². The molecular weight excluding hydrogens is 298 g/mol. The zero-order valence-electron chi connectivity index (χ0n) is 13.6. The predicted molar refractivity (Wildman–Crippen MR) is 85.5 cm³/mol. The quantitative estimate of drug-likeness (QED) is 0.463. The van der Waals surface area contributed by atoms with Crippen molar-refractivity contribution < 1.29 is 19.8 Å². The summed E-state index contributed by atoms with van der Waals surface area (Å²) < 4.78 is 0. The summed E-state index contributed by atoms with van der Waals surface area (Å²) in [4.78, 5) is 27.3. The van der Waals surface area contributed by atoms with Gasteiger partial charge in [0.25, 0.3) is 0 Å². The van der Waals surface area contributed by atoms with Crippen LogP contribution in [-0.4, -0.2) is 52.8 Å². The van der Waals surface area contributed by atoms with E-state index in [4.69, 9.17) is 5.11 Å². The molecule has 1 aromatic rings. The second-order valence-corrected chi connectivity index (χ2v) is 6.05. The molecule has 23 heavy (non-hydrogen) atoms. The Morgan fingerprint density at radius 2 is 1.83 bits per heavy atom. The predicted octanol–water partition coefficient (Wildman–Crippen LogP) is -0.374. The molecule has 0 aliphatic carbocycles. The number of nitrogens with one attached hydrogen (secondary N) is 2. The number of aromatic nitrogens is 1. The number of carbonyl (C=O) groups is 2. The standard InChI is InChI=1S/C16H25N3O4/c1-16(2,11-20)14(22)15(23)19-10-9-18-13(21)4-3-12-5-7-17-8-6-12/h5-8,14,20,22H,3-4,9-11H2,1-2H3,(H,18,21)(H,19,23)/t14-/m0/s1. The lowest BCUT2D eigenvalue weighted by Crippen LogP contribution is -2.47. The van der Waals surface area contributed by atoms with Crippen LogP contribution in [0, 0.1) is 5.41 Å². The van der Waals surface area contributed by atoms with E-state index >= 15 is 0 Å². The molecule has 0 aliphatic heterocycles. The number of rotatable bonds is 9. The molecule has 0 fully saturated rings. The number of hydrogen-bond acceptors (Lipinski definition) is 5. The number of aliphatic hydroxyl groups is 2. The molecule has 1 rings (SSSR count). The highest BCUT2D eigenvalue weighted by Crippen LogP contribution is 2.19. The normalized spacial score (nSPS) is 12.5. The molecule has 0 aliphatic rings. The van der Waals surface area contributed by atoms with Crippen molar-refractivity contribution in [1.29, 1.82) is 0 Å². The molecule has 0 spiro atoms. The fourth-order valence-electron chi connectivity index (χ4n) is 1.82. The van der Waals surface area contributed by atoms with Gasteiger partial charge < -0.3 is 20.8 Å². The third kappa shape index (κ3) is 6.75. The molecule has 0 aromatic carbocycles. The Balaban J connectivity index is 2.19. The van der Waals surface area contributed by atoms with Crippen molar-refractivity contribution in [2.75, 3.05) is 19.7 Å². The van der Waals surface area contributed by atoms with E-state index < -0.39 is 17.4 Å². The summed E-state index contributed by atoms with van der Waals surface area (Å²) in [6.45, 7) is 3.40.